The Labute approximate surface area is 158 Å². The third-order valence-corrected chi connectivity index (χ3v) is 4.90. The molecule has 140 valence electrons. The number of fused-ring (bicyclic) bond motifs is 1. The summed E-state index contributed by atoms with van der Waals surface area (Å²) in [6, 6.07) is 13.2. The van der Waals surface area contributed by atoms with Gasteiger partial charge in [0.1, 0.15) is 5.75 Å². The predicted octanol–water partition coefficient (Wildman–Crippen LogP) is 4.06. The van der Waals surface area contributed by atoms with Crippen LogP contribution in [0.4, 0.5) is 11.5 Å². The van der Waals surface area contributed by atoms with Gasteiger partial charge in [-0.25, -0.2) is 0 Å². The van der Waals surface area contributed by atoms with Crippen LogP contribution in [0.5, 0.6) is 5.75 Å². The van der Waals surface area contributed by atoms with E-state index in [1.165, 1.54) is 12.8 Å². The fourth-order valence-electron chi connectivity index (χ4n) is 3.02. The molecular formula is C21H24N4O2. The number of nitrogens with one attached hydrogen (secondary N) is 2. The number of benzene rings is 2. The smallest absolute Gasteiger partial charge is 0.256 e. The number of anilines is 2. The molecule has 3 aromatic rings. The first-order valence-corrected chi connectivity index (χ1v) is 9.30. The summed E-state index contributed by atoms with van der Waals surface area (Å²) in [6.07, 6.45) is 3.79. The average Bonchev–Trinajstić information content (AvgIpc) is 3.42. The van der Waals surface area contributed by atoms with Crippen LogP contribution < -0.4 is 15.0 Å². The normalized spacial score (nSPS) is 13.6. The van der Waals surface area contributed by atoms with E-state index in [2.05, 4.69) is 15.5 Å². The molecule has 4 rings (SSSR count). The van der Waals surface area contributed by atoms with E-state index in [4.69, 9.17) is 4.74 Å². The van der Waals surface area contributed by atoms with Gasteiger partial charge in [0.05, 0.1) is 12.1 Å². The maximum Gasteiger partial charge on any atom is 0.256 e. The molecule has 0 spiro atoms. The molecule has 27 heavy (non-hydrogen) atoms. The molecule has 6 heteroatoms. The van der Waals surface area contributed by atoms with Gasteiger partial charge in [-0.1, -0.05) is 12.8 Å². The van der Waals surface area contributed by atoms with Gasteiger partial charge in [-0.2, -0.15) is 5.10 Å². The molecule has 1 saturated carbocycles. The Kier molecular flexibility index (Phi) is 4.71. The molecule has 1 fully saturated rings. The van der Waals surface area contributed by atoms with Gasteiger partial charge in [-0.3, -0.25) is 9.89 Å². The highest BCUT2D eigenvalue weighted by Crippen LogP contribution is 2.32. The van der Waals surface area contributed by atoms with E-state index in [9.17, 15) is 4.79 Å². The van der Waals surface area contributed by atoms with Crippen LogP contribution in [-0.2, 0) is 0 Å². The number of ether oxygens (including phenoxy) is 1. The van der Waals surface area contributed by atoms with Gasteiger partial charge >= 0.3 is 0 Å². The highest BCUT2D eigenvalue weighted by atomic mass is 16.5. The molecule has 1 amide bonds. The van der Waals surface area contributed by atoms with E-state index < -0.39 is 0 Å². The molecule has 2 aromatic carbocycles. The van der Waals surface area contributed by atoms with Gasteiger partial charge in [0.25, 0.3) is 5.91 Å². The highest BCUT2D eigenvalue weighted by Gasteiger charge is 2.20. The number of hydrogen-bond acceptors (Lipinski definition) is 4. The molecule has 1 aliphatic rings. The van der Waals surface area contributed by atoms with Gasteiger partial charge in [0.15, 0.2) is 5.82 Å². The molecule has 6 nitrogen and oxygen atoms in total. The van der Waals surface area contributed by atoms with Crippen LogP contribution >= 0.6 is 0 Å². The molecule has 1 aliphatic carbocycles. The van der Waals surface area contributed by atoms with E-state index in [0.717, 1.165) is 41.3 Å². The lowest BCUT2D eigenvalue weighted by Crippen LogP contribution is -2.13. The molecule has 0 radical (unpaired) electrons. The SMILES string of the molecule is CN(C)c1ccc(C(=O)Nc2n[nH]c3cc(OCCC4CC4)ccc23)cc1. The Bertz CT molecular complexity index is 942. The lowest BCUT2D eigenvalue weighted by Gasteiger charge is -2.12. The number of rotatable bonds is 7. The number of aromatic amines is 1. The summed E-state index contributed by atoms with van der Waals surface area (Å²) >= 11 is 0. The highest BCUT2D eigenvalue weighted by molar-refractivity contribution is 6.08. The summed E-state index contributed by atoms with van der Waals surface area (Å²) in [4.78, 5) is 14.5. The minimum atomic E-state index is -0.182. The monoisotopic (exact) mass is 364 g/mol. The second-order valence-electron chi connectivity index (χ2n) is 7.26. The molecule has 1 heterocycles. The number of nitrogens with zero attached hydrogens (tertiary/aromatic N) is 2. The van der Waals surface area contributed by atoms with Crippen molar-refractivity contribution < 1.29 is 9.53 Å². The van der Waals surface area contributed by atoms with Crippen molar-refractivity contribution in [2.75, 3.05) is 30.9 Å². The zero-order valence-electron chi connectivity index (χ0n) is 15.7. The van der Waals surface area contributed by atoms with Crippen LogP contribution in [0.2, 0.25) is 0 Å². The Hall–Kier alpha value is -3.02. The van der Waals surface area contributed by atoms with Crippen LogP contribution in [0.25, 0.3) is 10.9 Å². The van der Waals surface area contributed by atoms with Crippen molar-refractivity contribution in [3.05, 3.63) is 48.0 Å². The summed E-state index contributed by atoms with van der Waals surface area (Å²) in [7, 11) is 3.93. The first-order valence-electron chi connectivity index (χ1n) is 9.30. The summed E-state index contributed by atoms with van der Waals surface area (Å²) in [5, 5.41) is 11.0. The van der Waals surface area contributed by atoms with Crippen molar-refractivity contribution in [1.29, 1.82) is 0 Å². The summed E-state index contributed by atoms with van der Waals surface area (Å²) in [5.74, 6) is 2.02. The van der Waals surface area contributed by atoms with Crippen molar-refractivity contribution in [3.8, 4) is 5.75 Å². The van der Waals surface area contributed by atoms with E-state index in [-0.39, 0.29) is 5.91 Å². The van der Waals surface area contributed by atoms with Crippen molar-refractivity contribution in [3.63, 3.8) is 0 Å². The van der Waals surface area contributed by atoms with Gasteiger partial charge in [0, 0.05) is 36.8 Å². The number of H-pyrrole nitrogens is 1. The van der Waals surface area contributed by atoms with E-state index in [0.29, 0.717) is 11.4 Å². The third-order valence-electron chi connectivity index (χ3n) is 4.90. The van der Waals surface area contributed by atoms with Gasteiger partial charge < -0.3 is 15.0 Å². The number of amides is 1. The quantitative estimate of drug-likeness (QED) is 0.663. The van der Waals surface area contributed by atoms with Crippen LogP contribution in [0.3, 0.4) is 0 Å². The number of aromatic nitrogens is 2. The van der Waals surface area contributed by atoms with Crippen molar-refractivity contribution in [2.24, 2.45) is 5.92 Å². The molecule has 0 atom stereocenters. The molecule has 0 unspecified atom stereocenters. The van der Waals surface area contributed by atoms with Crippen LogP contribution in [0.15, 0.2) is 42.5 Å². The minimum absolute atomic E-state index is 0.182. The Morgan fingerprint density at radius 1 is 1.22 bits per heavy atom. The van der Waals surface area contributed by atoms with Crippen molar-refractivity contribution in [1.82, 2.24) is 10.2 Å². The molecule has 0 saturated heterocycles. The fraction of sp³-hybridized carbons (Fsp3) is 0.333. The number of hydrogen-bond donors (Lipinski definition) is 2. The second-order valence-corrected chi connectivity index (χ2v) is 7.26. The maximum atomic E-state index is 12.5. The van der Waals surface area contributed by atoms with Gasteiger partial charge in [0.2, 0.25) is 0 Å². The molecule has 0 aliphatic heterocycles. The Morgan fingerprint density at radius 2 is 2.00 bits per heavy atom. The Balaban J connectivity index is 1.44. The molecular weight excluding hydrogens is 340 g/mol. The largest absolute Gasteiger partial charge is 0.494 e. The van der Waals surface area contributed by atoms with Crippen LogP contribution in [-0.4, -0.2) is 36.8 Å². The van der Waals surface area contributed by atoms with Gasteiger partial charge in [-0.15, -0.1) is 0 Å². The minimum Gasteiger partial charge on any atom is -0.494 e. The standard InChI is InChI=1S/C21H24N4O2/c1-25(2)16-7-5-15(6-8-16)21(26)22-20-18-10-9-17(13-19(18)23-24-20)27-12-11-14-3-4-14/h5-10,13-14H,3-4,11-12H2,1-2H3,(H2,22,23,24,26). The molecule has 1 aromatic heterocycles. The van der Waals surface area contributed by atoms with Gasteiger partial charge in [-0.05, 0) is 48.7 Å². The third kappa shape index (κ3) is 4.05. The van der Waals surface area contributed by atoms with E-state index in [1.54, 1.807) is 0 Å². The lowest BCUT2D eigenvalue weighted by molar-refractivity contribution is 0.102. The molecule has 2 N–H and O–H groups in total. The first-order chi connectivity index (χ1) is 13.1. The van der Waals surface area contributed by atoms with Crippen molar-refractivity contribution in [2.45, 2.75) is 19.3 Å². The topological polar surface area (TPSA) is 70.2 Å². The maximum absolute atomic E-state index is 12.5. The van der Waals surface area contributed by atoms with E-state index >= 15 is 0 Å². The fourth-order valence-corrected chi connectivity index (χ4v) is 3.02. The van der Waals surface area contributed by atoms with Crippen LogP contribution in [0.1, 0.15) is 29.6 Å². The second kappa shape index (κ2) is 7.31. The molecule has 0 bridgehead atoms. The predicted molar refractivity (Wildman–Crippen MR) is 108 cm³/mol. The van der Waals surface area contributed by atoms with Crippen molar-refractivity contribution >= 4 is 28.3 Å². The lowest BCUT2D eigenvalue weighted by atomic mass is 10.2. The summed E-state index contributed by atoms with van der Waals surface area (Å²) in [5.41, 5.74) is 2.49. The number of carbonyl (C=O) groups is 1. The summed E-state index contributed by atoms with van der Waals surface area (Å²) in [6.45, 7) is 0.747. The summed E-state index contributed by atoms with van der Waals surface area (Å²) < 4.78 is 5.82. The van der Waals surface area contributed by atoms with E-state index in [1.807, 2.05) is 61.5 Å². The zero-order valence-corrected chi connectivity index (χ0v) is 15.7. The first kappa shape index (κ1) is 17.4. The zero-order chi connectivity index (χ0) is 18.8. The van der Waals surface area contributed by atoms with Crippen LogP contribution in [0, 0.1) is 5.92 Å². The Morgan fingerprint density at radius 3 is 2.70 bits per heavy atom. The average molecular weight is 364 g/mol. The number of carbonyl (C=O) groups excluding carboxylic acids is 1.